The minimum absolute atomic E-state index is 0.286. The third-order valence-corrected chi connectivity index (χ3v) is 3.18. The monoisotopic (exact) mass is 306 g/mol. The first-order valence-corrected chi connectivity index (χ1v) is 6.58. The molecular weight excluding hydrogens is 292 g/mol. The highest BCUT2D eigenvalue weighted by atomic mass is 79.9. The van der Waals surface area contributed by atoms with Crippen LogP contribution < -0.4 is 0 Å². The van der Waals surface area contributed by atoms with E-state index in [9.17, 15) is 4.79 Å². The quantitative estimate of drug-likeness (QED) is 0.722. The third kappa shape index (κ3) is 2.72. The van der Waals surface area contributed by atoms with Gasteiger partial charge < -0.3 is 4.74 Å². The Hall–Kier alpha value is -1.35. The number of hydrogen-bond donors (Lipinski definition) is 0. The Morgan fingerprint density at radius 3 is 2.33 bits per heavy atom. The summed E-state index contributed by atoms with van der Waals surface area (Å²) < 4.78 is 6.39. The second-order valence-corrected chi connectivity index (χ2v) is 6.00. The molecule has 0 N–H and O–H groups in total. The van der Waals surface area contributed by atoms with Gasteiger partial charge in [0.2, 0.25) is 0 Å². The number of carbonyl (C=O) groups is 1. The predicted molar refractivity (Wildman–Crippen MR) is 76.8 cm³/mol. The molecule has 2 nitrogen and oxygen atoms in total. The number of rotatable bonds is 1. The smallest absolute Gasteiger partial charge is 0.339 e. The zero-order valence-electron chi connectivity index (χ0n) is 10.7. The zero-order chi connectivity index (χ0) is 13.3. The van der Waals surface area contributed by atoms with Crippen molar-refractivity contribution in [3.05, 3.63) is 46.4 Å². The molecule has 0 aliphatic rings. The molecule has 0 saturated heterocycles. The molecule has 0 aliphatic heterocycles. The molecule has 0 bridgehead atoms. The van der Waals surface area contributed by atoms with Crippen LogP contribution in [0, 0.1) is 0 Å². The summed E-state index contributed by atoms with van der Waals surface area (Å²) in [5.74, 6) is -0.286. The zero-order valence-corrected chi connectivity index (χ0v) is 12.2. The van der Waals surface area contributed by atoms with Gasteiger partial charge in [0.25, 0.3) is 0 Å². The Labute approximate surface area is 115 Å². The fraction of sp³-hybridized carbons (Fsp3) is 0.267. The minimum Gasteiger partial charge on any atom is -0.456 e. The molecule has 2 aromatic rings. The first-order valence-electron chi connectivity index (χ1n) is 5.79. The molecule has 94 valence electrons. The van der Waals surface area contributed by atoms with Crippen LogP contribution in [-0.4, -0.2) is 11.6 Å². The molecule has 2 rings (SSSR count). The molecule has 0 heterocycles. The van der Waals surface area contributed by atoms with E-state index in [-0.39, 0.29) is 5.97 Å². The number of esters is 1. The van der Waals surface area contributed by atoms with Crippen LogP contribution in [0.3, 0.4) is 0 Å². The molecular formula is C15H15BrO2. The number of halogens is 1. The van der Waals surface area contributed by atoms with Gasteiger partial charge in [-0.3, -0.25) is 0 Å². The second-order valence-electron chi connectivity index (χ2n) is 5.14. The molecule has 0 aromatic heterocycles. The lowest BCUT2D eigenvalue weighted by molar-refractivity contribution is 0.00719. The van der Waals surface area contributed by atoms with Gasteiger partial charge in [0.15, 0.2) is 0 Å². The first-order chi connectivity index (χ1) is 8.38. The molecule has 0 saturated carbocycles. The van der Waals surface area contributed by atoms with Crippen molar-refractivity contribution >= 4 is 32.7 Å². The summed E-state index contributed by atoms with van der Waals surface area (Å²) in [4.78, 5) is 12.1. The summed E-state index contributed by atoms with van der Waals surface area (Å²) >= 11 is 3.49. The lowest BCUT2D eigenvalue weighted by Gasteiger charge is -2.20. The highest BCUT2D eigenvalue weighted by molar-refractivity contribution is 9.10. The lowest BCUT2D eigenvalue weighted by Crippen LogP contribution is -2.24. The summed E-state index contributed by atoms with van der Waals surface area (Å²) in [7, 11) is 0. The van der Waals surface area contributed by atoms with Gasteiger partial charge in [0, 0.05) is 4.47 Å². The normalized spacial score (nSPS) is 11.6. The van der Waals surface area contributed by atoms with Crippen LogP contribution in [0.15, 0.2) is 40.9 Å². The molecule has 0 amide bonds. The summed E-state index contributed by atoms with van der Waals surface area (Å²) in [5.41, 5.74) is 0.120. The van der Waals surface area contributed by atoms with Crippen LogP contribution in [0.4, 0.5) is 0 Å². The maximum absolute atomic E-state index is 12.1. The van der Waals surface area contributed by atoms with Crippen molar-refractivity contribution in [2.24, 2.45) is 0 Å². The number of fused-ring (bicyclic) bond motifs is 1. The van der Waals surface area contributed by atoms with Crippen LogP contribution in [-0.2, 0) is 4.74 Å². The van der Waals surface area contributed by atoms with E-state index in [1.54, 1.807) is 6.07 Å². The van der Waals surface area contributed by atoms with Gasteiger partial charge >= 0.3 is 5.97 Å². The second kappa shape index (κ2) is 4.73. The third-order valence-electron chi connectivity index (χ3n) is 2.49. The fourth-order valence-electron chi connectivity index (χ4n) is 1.78. The van der Waals surface area contributed by atoms with Crippen LogP contribution in [0.5, 0.6) is 0 Å². The van der Waals surface area contributed by atoms with Crippen molar-refractivity contribution < 1.29 is 9.53 Å². The molecule has 0 spiro atoms. The van der Waals surface area contributed by atoms with Gasteiger partial charge in [-0.1, -0.05) is 40.2 Å². The predicted octanol–water partition coefficient (Wildman–Crippen LogP) is 4.56. The fourth-order valence-corrected chi connectivity index (χ4v) is 2.28. The van der Waals surface area contributed by atoms with Gasteiger partial charge in [0.05, 0.1) is 5.56 Å². The van der Waals surface area contributed by atoms with Crippen molar-refractivity contribution in [3.63, 3.8) is 0 Å². The Morgan fingerprint density at radius 2 is 1.67 bits per heavy atom. The van der Waals surface area contributed by atoms with Crippen LogP contribution in [0.2, 0.25) is 0 Å². The highest BCUT2D eigenvalue weighted by Gasteiger charge is 2.19. The SMILES string of the molecule is CC(C)(C)OC(=O)c1cccc2c(Br)cccc12. The van der Waals surface area contributed by atoms with Gasteiger partial charge in [0.1, 0.15) is 5.60 Å². The van der Waals surface area contributed by atoms with Crippen LogP contribution in [0.25, 0.3) is 10.8 Å². The maximum Gasteiger partial charge on any atom is 0.339 e. The van der Waals surface area contributed by atoms with Crippen LogP contribution >= 0.6 is 15.9 Å². The average molecular weight is 307 g/mol. The molecule has 0 unspecified atom stereocenters. The van der Waals surface area contributed by atoms with Gasteiger partial charge in [-0.25, -0.2) is 4.79 Å². The Bertz CT molecular complexity index is 597. The van der Waals surface area contributed by atoms with E-state index in [2.05, 4.69) is 15.9 Å². The number of carbonyl (C=O) groups excluding carboxylic acids is 1. The number of benzene rings is 2. The van der Waals surface area contributed by atoms with E-state index in [4.69, 9.17) is 4.74 Å². The molecule has 0 atom stereocenters. The van der Waals surface area contributed by atoms with Crippen molar-refractivity contribution in [1.29, 1.82) is 0 Å². The highest BCUT2D eigenvalue weighted by Crippen LogP contribution is 2.27. The van der Waals surface area contributed by atoms with E-state index in [1.807, 2.05) is 51.1 Å². The van der Waals surface area contributed by atoms with Crippen molar-refractivity contribution in [2.45, 2.75) is 26.4 Å². The van der Waals surface area contributed by atoms with Crippen molar-refractivity contribution in [3.8, 4) is 0 Å². The van der Waals surface area contributed by atoms with Crippen LogP contribution in [0.1, 0.15) is 31.1 Å². The summed E-state index contributed by atoms with van der Waals surface area (Å²) in [5, 5.41) is 1.92. The Kier molecular flexibility index (Phi) is 3.44. The van der Waals surface area contributed by atoms with E-state index in [1.165, 1.54) is 0 Å². The summed E-state index contributed by atoms with van der Waals surface area (Å²) in [6.45, 7) is 5.60. The Morgan fingerprint density at radius 1 is 1.06 bits per heavy atom. The van der Waals surface area contributed by atoms with E-state index in [0.29, 0.717) is 5.56 Å². The lowest BCUT2D eigenvalue weighted by atomic mass is 10.0. The maximum atomic E-state index is 12.1. The molecule has 2 aromatic carbocycles. The van der Waals surface area contributed by atoms with Crippen molar-refractivity contribution in [1.82, 2.24) is 0 Å². The molecule has 0 aliphatic carbocycles. The molecule has 0 fully saturated rings. The van der Waals surface area contributed by atoms with Gasteiger partial charge in [-0.05, 0) is 43.7 Å². The molecule has 0 radical (unpaired) electrons. The van der Waals surface area contributed by atoms with Gasteiger partial charge in [-0.15, -0.1) is 0 Å². The largest absolute Gasteiger partial charge is 0.456 e. The van der Waals surface area contributed by atoms with Gasteiger partial charge in [-0.2, -0.15) is 0 Å². The standard InChI is InChI=1S/C15H15BrO2/c1-15(2,3)18-14(17)12-8-4-7-11-10(12)6-5-9-13(11)16/h4-9H,1-3H3. The first kappa shape index (κ1) is 13.1. The van der Waals surface area contributed by atoms with E-state index >= 15 is 0 Å². The summed E-state index contributed by atoms with van der Waals surface area (Å²) in [6.07, 6.45) is 0. The Balaban J connectivity index is 2.52. The topological polar surface area (TPSA) is 26.3 Å². The average Bonchev–Trinajstić information content (AvgIpc) is 2.26. The molecule has 3 heteroatoms. The minimum atomic E-state index is -0.481. The van der Waals surface area contributed by atoms with Crippen molar-refractivity contribution in [2.75, 3.05) is 0 Å². The molecule has 18 heavy (non-hydrogen) atoms. The van der Waals surface area contributed by atoms with E-state index < -0.39 is 5.60 Å². The summed E-state index contributed by atoms with van der Waals surface area (Å²) in [6, 6.07) is 11.4. The van der Waals surface area contributed by atoms with E-state index in [0.717, 1.165) is 15.2 Å². The number of ether oxygens (including phenoxy) is 1. The number of hydrogen-bond acceptors (Lipinski definition) is 2.